The second-order valence-corrected chi connectivity index (χ2v) is 9.08. The van der Waals surface area contributed by atoms with Gasteiger partial charge in [0.1, 0.15) is 11.6 Å². The van der Waals surface area contributed by atoms with Gasteiger partial charge < -0.3 is 15.2 Å². The molecule has 2 aromatic carbocycles. The van der Waals surface area contributed by atoms with Gasteiger partial charge in [0.25, 0.3) is 0 Å². The lowest BCUT2D eigenvalue weighted by atomic mass is 9.99. The van der Waals surface area contributed by atoms with Crippen molar-refractivity contribution in [1.82, 2.24) is 19.9 Å². The number of halogens is 2. The Labute approximate surface area is 202 Å². The molecular formula is C26H25ClFN5O. The fourth-order valence-corrected chi connectivity index (χ4v) is 4.67. The Balaban J connectivity index is 1.46. The van der Waals surface area contributed by atoms with Crippen molar-refractivity contribution >= 4 is 34.4 Å². The topological polar surface area (TPSA) is 71.8 Å². The first-order chi connectivity index (χ1) is 16.5. The van der Waals surface area contributed by atoms with Gasteiger partial charge in [-0.15, -0.1) is 0 Å². The fraction of sp³-hybridized carbons (Fsp3) is 0.269. The first-order valence-electron chi connectivity index (χ1n) is 11.4. The second kappa shape index (κ2) is 9.52. The largest absolute Gasteiger partial charge is 0.323 e. The molecule has 1 aliphatic heterocycles. The zero-order valence-corrected chi connectivity index (χ0v) is 19.5. The van der Waals surface area contributed by atoms with E-state index in [0.29, 0.717) is 17.4 Å². The molecule has 6 nitrogen and oxygen atoms in total. The molecule has 0 spiro atoms. The number of amides is 1. The molecule has 1 aliphatic rings. The van der Waals surface area contributed by atoms with Gasteiger partial charge in [-0.25, -0.2) is 14.4 Å². The van der Waals surface area contributed by atoms with Crippen molar-refractivity contribution in [2.75, 3.05) is 18.4 Å². The van der Waals surface area contributed by atoms with Gasteiger partial charge in [-0.05, 0) is 67.8 Å². The van der Waals surface area contributed by atoms with Crippen LogP contribution < -0.4 is 10.6 Å². The second-order valence-electron chi connectivity index (χ2n) is 8.67. The molecule has 2 aromatic heterocycles. The summed E-state index contributed by atoms with van der Waals surface area (Å²) in [6.07, 6.45) is 5.17. The molecule has 174 valence electrons. The van der Waals surface area contributed by atoms with Gasteiger partial charge in [-0.2, -0.15) is 0 Å². The highest BCUT2D eigenvalue weighted by Gasteiger charge is 2.22. The Hall–Kier alpha value is -3.29. The van der Waals surface area contributed by atoms with Crippen molar-refractivity contribution in [2.45, 2.75) is 25.8 Å². The highest BCUT2D eigenvalue weighted by molar-refractivity contribution is 6.33. The average Bonchev–Trinajstić information content (AvgIpc) is 3.28. The minimum Gasteiger partial charge on any atom is -0.323 e. The van der Waals surface area contributed by atoms with Gasteiger partial charge in [0.15, 0.2) is 0 Å². The number of fused-ring (bicyclic) bond motifs is 1. The molecule has 1 amide bonds. The van der Waals surface area contributed by atoms with Gasteiger partial charge in [0.2, 0.25) is 5.91 Å². The van der Waals surface area contributed by atoms with Crippen LogP contribution in [0.1, 0.15) is 31.4 Å². The van der Waals surface area contributed by atoms with Crippen LogP contribution >= 0.6 is 11.6 Å². The number of anilines is 1. The first-order valence-corrected chi connectivity index (χ1v) is 11.8. The smallest absolute Gasteiger partial charge is 0.229 e. The third kappa shape index (κ3) is 4.54. The van der Waals surface area contributed by atoms with Gasteiger partial charge in [-0.1, -0.05) is 29.8 Å². The Morgan fingerprint density at radius 3 is 2.91 bits per heavy atom. The number of aromatic nitrogens is 3. The molecular weight excluding hydrogens is 453 g/mol. The van der Waals surface area contributed by atoms with E-state index in [0.717, 1.165) is 47.1 Å². The van der Waals surface area contributed by atoms with Crippen molar-refractivity contribution in [3.8, 4) is 11.1 Å². The Morgan fingerprint density at radius 1 is 1.24 bits per heavy atom. The van der Waals surface area contributed by atoms with Crippen LogP contribution in [0.25, 0.3) is 22.2 Å². The molecule has 5 rings (SSSR count). The number of rotatable bonds is 5. The van der Waals surface area contributed by atoms with E-state index in [9.17, 15) is 9.18 Å². The molecule has 2 atom stereocenters. The van der Waals surface area contributed by atoms with Gasteiger partial charge in [0, 0.05) is 18.3 Å². The monoisotopic (exact) mass is 477 g/mol. The maximum atomic E-state index is 13.8. The van der Waals surface area contributed by atoms with E-state index in [1.165, 1.54) is 12.1 Å². The lowest BCUT2D eigenvalue weighted by Crippen LogP contribution is -2.37. The number of hydrogen-bond donors (Lipinski definition) is 2. The SMILES string of the molecule is C[C@H](c1cccc(F)c1)n1cnc2ccc(-c3cc(NC(=O)[C@@H]4CCCNC4)ncc3Cl)cc21. The number of nitrogens with zero attached hydrogens (tertiary/aromatic N) is 3. The summed E-state index contributed by atoms with van der Waals surface area (Å²) in [6, 6.07) is 14.2. The van der Waals surface area contributed by atoms with E-state index in [4.69, 9.17) is 11.6 Å². The van der Waals surface area contributed by atoms with Crippen LogP contribution in [0.2, 0.25) is 5.02 Å². The number of nitrogens with one attached hydrogen (secondary N) is 2. The highest BCUT2D eigenvalue weighted by atomic mass is 35.5. The van der Waals surface area contributed by atoms with E-state index < -0.39 is 0 Å². The molecule has 0 unspecified atom stereocenters. The molecule has 2 N–H and O–H groups in total. The normalized spacial score (nSPS) is 17.0. The number of benzene rings is 2. The lowest BCUT2D eigenvalue weighted by Gasteiger charge is -2.21. The average molecular weight is 478 g/mol. The quantitative estimate of drug-likeness (QED) is 0.401. The summed E-state index contributed by atoms with van der Waals surface area (Å²) in [4.78, 5) is 21.5. The molecule has 0 saturated carbocycles. The van der Waals surface area contributed by atoms with Gasteiger partial charge in [-0.3, -0.25) is 4.79 Å². The maximum Gasteiger partial charge on any atom is 0.229 e. The van der Waals surface area contributed by atoms with Crippen LogP contribution in [0.5, 0.6) is 0 Å². The lowest BCUT2D eigenvalue weighted by molar-refractivity contribution is -0.120. The molecule has 0 aliphatic carbocycles. The van der Waals surface area contributed by atoms with E-state index in [1.807, 2.05) is 35.8 Å². The van der Waals surface area contributed by atoms with Gasteiger partial charge >= 0.3 is 0 Å². The third-order valence-electron chi connectivity index (χ3n) is 6.41. The number of pyridine rings is 1. The Morgan fingerprint density at radius 2 is 2.12 bits per heavy atom. The van der Waals surface area contributed by atoms with E-state index in [2.05, 4.69) is 20.6 Å². The van der Waals surface area contributed by atoms with Crippen molar-refractivity contribution in [2.24, 2.45) is 5.92 Å². The zero-order chi connectivity index (χ0) is 23.7. The Kier molecular flexibility index (Phi) is 6.30. The molecule has 0 bridgehead atoms. The number of piperidine rings is 1. The fourth-order valence-electron chi connectivity index (χ4n) is 4.46. The van der Waals surface area contributed by atoms with Crippen molar-refractivity contribution in [1.29, 1.82) is 0 Å². The predicted molar refractivity (Wildman–Crippen MR) is 132 cm³/mol. The summed E-state index contributed by atoms with van der Waals surface area (Å²) in [5, 5.41) is 6.68. The number of carbonyl (C=O) groups is 1. The van der Waals surface area contributed by atoms with Gasteiger partial charge in [0.05, 0.1) is 34.3 Å². The standard InChI is InChI=1S/C26H25ClFN5O/c1-16(17-4-2-6-20(28)10-17)33-15-31-23-8-7-18(11-24(23)33)21-12-25(30-14-22(21)27)32-26(34)19-5-3-9-29-13-19/h2,4,6-8,10-12,14-16,19,29H,3,5,9,13H2,1H3,(H,30,32,34)/t16-,19-/m1/s1. The molecule has 4 aromatic rings. The van der Waals surface area contributed by atoms with Crippen LogP contribution in [0.3, 0.4) is 0 Å². The summed E-state index contributed by atoms with van der Waals surface area (Å²) < 4.78 is 15.8. The van der Waals surface area contributed by atoms with Crippen LogP contribution in [0.15, 0.2) is 61.1 Å². The van der Waals surface area contributed by atoms with E-state index in [-0.39, 0.29) is 23.7 Å². The van der Waals surface area contributed by atoms with Crippen molar-refractivity contribution < 1.29 is 9.18 Å². The molecule has 34 heavy (non-hydrogen) atoms. The Bertz CT molecular complexity index is 1350. The maximum absolute atomic E-state index is 13.8. The van der Waals surface area contributed by atoms with Crippen LogP contribution in [0, 0.1) is 11.7 Å². The minimum atomic E-state index is -0.267. The zero-order valence-electron chi connectivity index (χ0n) is 18.8. The highest BCUT2D eigenvalue weighted by Crippen LogP contribution is 2.33. The van der Waals surface area contributed by atoms with Crippen LogP contribution in [-0.4, -0.2) is 33.5 Å². The van der Waals surface area contributed by atoms with E-state index in [1.54, 1.807) is 24.7 Å². The molecule has 3 heterocycles. The summed E-state index contributed by atoms with van der Waals surface area (Å²) in [6.45, 7) is 3.64. The number of carbonyl (C=O) groups excluding carboxylic acids is 1. The van der Waals surface area contributed by atoms with Crippen molar-refractivity contribution in [3.63, 3.8) is 0 Å². The first kappa shape index (κ1) is 22.5. The molecule has 0 radical (unpaired) electrons. The minimum absolute atomic E-state index is 0.0366. The third-order valence-corrected chi connectivity index (χ3v) is 6.71. The summed E-state index contributed by atoms with van der Waals surface area (Å²) in [7, 11) is 0. The number of imidazole rings is 1. The summed E-state index contributed by atoms with van der Waals surface area (Å²) in [5.74, 6) is 0.100. The molecule has 1 saturated heterocycles. The van der Waals surface area contributed by atoms with Crippen molar-refractivity contribution in [3.05, 3.63) is 77.5 Å². The number of hydrogen-bond acceptors (Lipinski definition) is 4. The molecule has 8 heteroatoms. The summed E-state index contributed by atoms with van der Waals surface area (Å²) in [5.41, 5.74) is 4.23. The predicted octanol–water partition coefficient (Wildman–Crippen LogP) is 5.44. The van der Waals surface area contributed by atoms with Crippen LogP contribution in [-0.2, 0) is 4.79 Å². The molecule has 1 fully saturated rings. The van der Waals surface area contributed by atoms with Crippen LogP contribution in [0.4, 0.5) is 10.2 Å². The van der Waals surface area contributed by atoms with E-state index >= 15 is 0 Å². The summed E-state index contributed by atoms with van der Waals surface area (Å²) >= 11 is 6.51.